The Bertz CT molecular complexity index is 684. The van der Waals surface area contributed by atoms with E-state index in [0.29, 0.717) is 25.7 Å². The van der Waals surface area contributed by atoms with Gasteiger partial charge in [0.2, 0.25) is 0 Å². The molecule has 1 amide bonds. The van der Waals surface area contributed by atoms with Crippen LogP contribution in [-0.2, 0) is 9.53 Å². The Morgan fingerprint density at radius 3 is 2.41 bits per heavy atom. The quantitative estimate of drug-likeness (QED) is 0.532. The molecule has 120 valence electrons. The molecule has 1 saturated carbocycles. The summed E-state index contributed by atoms with van der Waals surface area (Å²) in [6.07, 6.45) is 2.44. The highest BCUT2D eigenvalue weighted by Crippen LogP contribution is 2.25. The molecule has 0 saturated heterocycles. The van der Waals surface area contributed by atoms with Crippen LogP contribution in [0.15, 0.2) is 9.59 Å². The zero-order chi connectivity index (χ0) is 16.3. The van der Waals surface area contributed by atoms with Crippen molar-refractivity contribution in [2.45, 2.75) is 31.7 Å². The topological polar surface area (TPSA) is 147 Å². The summed E-state index contributed by atoms with van der Waals surface area (Å²) in [6.45, 7) is 0. The Kier molecular flexibility index (Phi) is 4.64. The van der Waals surface area contributed by atoms with E-state index in [1.54, 1.807) is 0 Å². The summed E-state index contributed by atoms with van der Waals surface area (Å²) < 4.78 is 4.70. The standard InChI is InChI=1S/C13H18N4O5/c1-22-12(20)6-2-4-7(5-3-6)15-11(19)9-8(14)10(18)17-13(21)16-9/h6-7H,2-5,14H2,1H3,(H,15,19)(H2,16,17,18,21). The second kappa shape index (κ2) is 6.46. The molecule has 9 nitrogen and oxygen atoms in total. The lowest BCUT2D eigenvalue weighted by molar-refractivity contribution is -0.146. The first-order chi connectivity index (χ1) is 10.4. The maximum Gasteiger partial charge on any atom is 0.326 e. The largest absolute Gasteiger partial charge is 0.469 e. The third kappa shape index (κ3) is 3.35. The molecule has 2 rings (SSSR count). The van der Waals surface area contributed by atoms with Crippen molar-refractivity contribution in [2.24, 2.45) is 5.92 Å². The van der Waals surface area contributed by atoms with Gasteiger partial charge in [-0.25, -0.2) is 4.79 Å². The van der Waals surface area contributed by atoms with Crippen LogP contribution < -0.4 is 22.3 Å². The summed E-state index contributed by atoms with van der Waals surface area (Å²) in [5.74, 6) is -1.00. The average Bonchev–Trinajstić information content (AvgIpc) is 2.50. The van der Waals surface area contributed by atoms with Crippen molar-refractivity contribution >= 4 is 17.6 Å². The number of aromatic amines is 2. The summed E-state index contributed by atoms with van der Waals surface area (Å²) in [4.78, 5) is 50.3. The van der Waals surface area contributed by atoms with Gasteiger partial charge in [-0.3, -0.25) is 19.4 Å². The number of amides is 1. The highest BCUT2D eigenvalue weighted by atomic mass is 16.5. The molecular weight excluding hydrogens is 292 g/mol. The number of aromatic nitrogens is 2. The van der Waals surface area contributed by atoms with E-state index in [2.05, 4.69) is 10.3 Å². The molecule has 0 spiro atoms. The minimum Gasteiger partial charge on any atom is -0.469 e. The number of nitrogens with two attached hydrogens (primary N) is 1. The molecule has 5 N–H and O–H groups in total. The van der Waals surface area contributed by atoms with E-state index < -0.39 is 17.2 Å². The van der Waals surface area contributed by atoms with Gasteiger partial charge in [-0.05, 0) is 25.7 Å². The molecule has 1 aromatic heterocycles. The summed E-state index contributed by atoms with van der Waals surface area (Å²) in [5.41, 5.74) is 3.33. The van der Waals surface area contributed by atoms with Crippen LogP contribution in [0, 0.1) is 5.92 Å². The molecule has 1 aliphatic rings. The highest BCUT2D eigenvalue weighted by molar-refractivity contribution is 5.96. The Balaban J connectivity index is 2.01. The number of nitrogen functional groups attached to an aromatic ring is 1. The maximum atomic E-state index is 12.1. The van der Waals surface area contributed by atoms with Crippen molar-refractivity contribution in [3.63, 3.8) is 0 Å². The van der Waals surface area contributed by atoms with E-state index in [1.807, 2.05) is 4.98 Å². The van der Waals surface area contributed by atoms with Gasteiger partial charge in [0.15, 0.2) is 0 Å². The van der Waals surface area contributed by atoms with Crippen molar-refractivity contribution in [3.05, 3.63) is 26.5 Å². The Morgan fingerprint density at radius 2 is 1.82 bits per heavy atom. The van der Waals surface area contributed by atoms with Gasteiger partial charge in [0, 0.05) is 6.04 Å². The third-order valence-corrected chi connectivity index (χ3v) is 3.80. The fourth-order valence-electron chi connectivity index (χ4n) is 2.57. The fourth-order valence-corrected chi connectivity index (χ4v) is 2.57. The van der Waals surface area contributed by atoms with E-state index in [9.17, 15) is 19.2 Å². The fraction of sp³-hybridized carbons (Fsp3) is 0.538. The first kappa shape index (κ1) is 15.8. The number of methoxy groups -OCH3 is 1. The predicted octanol–water partition coefficient (Wildman–Crippen LogP) is -0.893. The number of anilines is 1. The van der Waals surface area contributed by atoms with E-state index in [4.69, 9.17) is 10.5 Å². The molecule has 1 aromatic rings. The van der Waals surface area contributed by atoms with Crippen LogP contribution in [0.1, 0.15) is 36.2 Å². The maximum absolute atomic E-state index is 12.1. The van der Waals surface area contributed by atoms with Crippen LogP contribution >= 0.6 is 0 Å². The first-order valence-corrected chi connectivity index (χ1v) is 6.93. The van der Waals surface area contributed by atoms with Gasteiger partial charge in [0.25, 0.3) is 11.5 Å². The van der Waals surface area contributed by atoms with Gasteiger partial charge < -0.3 is 20.8 Å². The molecule has 1 fully saturated rings. The molecule has 0 bridgehead atoms. The van der Waals surface area contributed by atoms with Crippen LogP contribution in [0.2, 0.25) is 0 Å². The minimum atomic E-state index is -0.803. The second-order valence-corrected chi connectivity index (χ2v) is 5.24. The number of hydrogen-bond donors (Lipinski definition) is 4. The zero-order valence-corrected chi connectivity index (χ0v) is 12.1. The Labute approximate surface area is 125 Å². The smallest absolute Gasteiger partial charge is 0.326 e. The Hall–Kier alpha value is -2.58. The van der Waals surface area contributed by atoms with Gasteiger partial charge >= 0.3 is 11.7 Å². The van der Waals surface area contributed by atoms with E-state index in [1.165, 1.54) is 7.11 Å². The number of carbonyl (C=O) groups is 2. The summed E-state index contributed by atoms with van der Waals surface area (Å²) in [5, 5.41) is 2.71. The van der Waals surface area contributed by atoms with Crippen molar-refractivity contribution < 1.29 is 14.3 Å². The van der Waals surface area contributed by atoms with Crippen molar-refractivity contribution in [1.82, 2.24) is 15.3 Å². The molecule has 0 aliphatic heterocycles. The number of nitrogens with one attached hydrogen (secondary N) is 3. The van der Waals surface area contributed by atoms with Crippen LogP contribution in [-0.4, -0.2) is 35.0 Å². The number of esters is 1. The highest BCUT2D eigenvalue weighted by Gasteiger charge is 2.28. The number of carbonyl (C=O) groups excluding carboxylic acids is 2. The molecule has 0 radical (unpaired) electrons. The molecule has 9 heteroatoms. The lowest BCUT2D eigenvalue weighted by Crippen LogP contribution is -2.41. The number of ether oxygens (including phenoxy) is 1. The molecule has 22 heavy (non-hydrogen) atoms. The van der Waals surface area contributed by atoms with Crippen molar-refractivity contribution in [1.29, 1.82) is 0 Å². The van der Waals surface area contributed by atoms with Gasteiger partial charge in [-0.1, -0.05) is 0 Å². The van der Waals surface area contributed by atoms with Crippen LogP contribution in [0.5, 0.6) is 0 Å². The average molecular weight is 310 g/mol. The van der Waals surface area contributed by atoms with E-state index in [0.717, 1.165) is 0 Å². The van der Waals surface area contributed by atoms with Crippen molar-refractivity contribution in [3.8, 4) is 0 Å². The normalized spacial score (nSPS) is 21.1. The first-order valence-electron chi connectivity index (χ1n) is 6.93. The van der Waals surface area contributed by atoms with E-state index in [-0.39, 0.29) is 29.3 Å². The monoisotopic (exact) mass is 310 g/mol. The minimum absolute atomic E-state index is 0.143. The number of hydrogen-bond acceptors (Lipinski definition) is 6. The SMILES string of the molecule is COC(=O)C1CCC(NC(=O)c2[nH]c(=O)[nH]c(=O)c2N)CC1. The van der Waals surface area contributed by atoms with Crippen molar-refractivity contribution in [2.75, 3.05) is 12.8 Å². The van der Waals surface area contributed by atoms with Gasteiger partial charge in [0.05, 0.1) is 13.0 Å². The number of H-pyrrole nitrogens is 2. The molecule has 1 heterocycles. The van der Waals surface area contributed by atoms with Gasteiger partial charge in [-0.2, -0.15) is 0 Å². The summed E-state index contributed by atoms with van der Waals surface area (Å²) >= 11 is 0. The predicted molar refractivity (Wildman–Crippen MR) is 77.3 cm³/mol. The second-order valence-electron chi connectivity index (χ2n) is 5.24. The molecule has 0 aromatic carbocycles. The summed E-state index contributed by atoms with van der Waals surface area (Å²) in [7, 11) is 1.35. The zero-order valence-electron chi connectivity index (χ0n) is 12.1. The van der Waals surface area contributed by atoms with Gasteiger partial charge in [-0.15, -0.1) is 0 Å². The van der Waals surface area contributed by atoms with Crippen LogP contribution in [0.4, 0.5) is 5.69 Å². The lowest BCUT2D eigenvalue weighted by Gasteiger charge is -2.27. The van der Waals surface area contributed by atoms with Crippen LogP contribution in [0.3, 0.4) is 0 Å². The molecular formula is C13H18N4O5. The molecule has 1 aliphatic carbocycles. The van der Waals surface area contributed by atoms with Crippen LogP contribution in [0.25, 0.3) is 0 Å². The molecule has 0 atom stereocenters. The molecule has 0 unspecified atom stereocenters. The number of rotatable bonds is 3. The summed E-state index contributed by atoms with van der Waals surface area (Å²) in [6, 6.07) is -0.143. The third-order valence-electron chi connectivity index (χ3n) is 3.80. The lowest BCUT2D eigenvalue weighted by atomic mass is 9.86. The van der Waals surface area contributed by atoms with Gasteiger partial charge in [0.1, 0.15) is 11.4 Å². The van der Waals surface area contributed by atoms with E-state index >= 15 is 0 Å². The Morgan fingerprint density at radius 1 is 1.18 bits per heavy atom.